The number of benzene rings is 2. The SMILES string of the molecule is CC(=O)c1ccccc1.CCOC(C)=O.COc1ccc(C(C)=O)cc1. The maximum Gasteiger partial charge on any atom is 0.302 e. The second kappa shape index (κ2) is 13.4. The lowest BCUT2D eigenvalue weighted by molar-refractivity contribution is -0.140. The molecule has 0 aliphatic carbocycles. The highest BCUT2D eigenvalue weighted by molar-refractivity contribution is 5.94. The largest absolute Gasteiger partial charge is 0.497 e. The van der Waals surface area contributed by atoms with Crippen molar-refractivity contribution in [3.63, 3.8) is 0 Å². The first-order chi connectivity index (χ1) is 12.3. The fourth-order valence-electron chi connectivity index (χ4n) is 1.70. The monoisotopic (exact) mass is 358 g/mol. The third kappa shape index (κ3) is 10.8. The molecule has 0 aliphatic heterocycles. The number of hydrogen-bond donors (Lipinski definition) is 0. The molecule has 140 valence electrons. The summed E-state index contributed by atoms with van der Waals surface area (Å²) in [7, 11) is 1.60. The van der Waals surface area contributed by atoms with Crippen molar-refractivity contribution in [2.75, 3.05) is 13.7 Å². The molecule has 0 saturated heterocycles. The van der Waals surface area contributed by atoms with Crippen LogP contribution in [-0.2, 0) is 9.53 Å². The van der Waals surface area contributed by atoms with Crippen molar-refractivity contribution in [3.05, 3.63) is 65.7 Å². The zero-order valence-corrected chi connectivity index (χ0v) is 15.9. The summed E-state index contributed by atoms with van der Waals surface area (Å²) in [6, 6.07) is 16.3. The van der Waals surface area contributed by atoms with Gasteiger partial charge in [-0.25, -0.2) is 0 Å². The zero-order valence-electron chi connectivity index (χ0n) is 15.9. The summed E-state index contributed by atoms with van der Waals surface area (Å²) in [5.74, 6) is 0.760. The van der Waals surface area contributed by atoms with Gasteiger partial charge in [-0.2, -0.15) is 0 Å². The van der Waals surface area contributed by atoms with Crippen LogP contribution >= 0.6 is 0 Å². The number of Topliss-reactive ketones (excluding diaryl/α,β-unsaturated/α-hetero) is 2. The van der Waals surface area contributed by atoms with Crippen LogP contribution in [0.25, 0.3) is 0 Å². The van der Waals surface area contributed by atoms with E-state index in [1.165, 1.54) is 6.92 Å². The molecule has 0 radical (unpaired) electrons. The van der Waals surface area contributed by atoms with Gasteiger partial charge in [0.1, 0.15) is 5.75 Å². The van der Waals surface area contributed by atoms with Crippen LogP contribution in [0.5, 0.6) is 5.75 Å². The lowest BCUT2D eigenvalue weighted by atomic mass is 10.1. The third-order valence-electron chi connectivity index (χ3n) is 3.02. The average Bonchev–Trinajstić information content (AvgIpc) is 2.63. The molecule has 0 fully saturated rings. The molecule has 5 heteroatoms. The molecule has 2 aromatic carbocycles. The quantitative estimate of drug-likeness (QED) is 0.600. The van der Waals surface area contributed by atoms with Crippen molar-refractivity contribution in [1.82, 2.24) is 0 Å². The standard InChI is InChI=1S/C9H10O2.C8H8O.C4H8O2/c1-7(10)8-3-5-9(11-2)6-4-8;1-7(9)8-5-3-2-4-6-8;1-3-6-4(2)5/h3-6H,1-2H3;2-6H,1H3;3H2,1-2H3. The Hall–Kier alpha value is -2.95. The average molecular weight is 358 g/mol. The van der Waals surface area contributed by atoms with E-state index in [1.807, 2.05) is 30.3 Å². The fourth-order valence-corrected chi connectivity index (χ4v) is 1.70. The van der Waals surface area contributed by atoms with Gasteiger partial charge in [0.05, 0.1) is 13.7 Å². The van der Waals surface area contributed by atoms with Crippen LogP contribution < -0.4 is 4.74 Å². The second-order valence-corrected chi connectivity index (χ2v) is 5.13. The van der Waals surface area contributed by atoms with E-state index >= 15 is 0 Å². The number of ether oxygens (including phenoxy) is 2. The smallest absolute Gasteiger partial charge is 0.302 e. The first-order valence-corrected chi connectivity index (χ1v) is 8.16. The van der Waals surface area contributed by atoms with Gasteiger partial charge in [-0.1, -0.05) is 30.3 Å². The van der Waals surface area contributed by atoms with Crippen LogP contribution in [0.4, 0.5) is 0 Å². The Balaban J connectivity index is 0.000000378. The highest BCUT2D eigenvalue weighted by Crippen LogP contribution is 2.11. The van der Waals surface area contributed by atoms with Crippen LogP contribution in [0.15, 0.2) is 54.6 Å². The molecule has 26 heavy (non-hydrogen) atoms. The Bertz CT molecular complexity index is 675. The first kappa shape index (κ1) is 23.1. The molecular weight excluding hydrogens is 332 g/mol. The van der Waals surface area contributed by atoms with Crippen molar-refractivity contribution in [3.8, 4) is 5.75 Å². The van der Waals surface area contributed by atoms with E-state index in [2.05, 4.69) is 4.74 Å². The molecule has 0 aliphatic rings. The van der Waals surface area contributed by atoms with Gasteiger partial charge in [0, 0.05) is 18.1 Å². The number of hydrogen-bond acceptors (Lipinski definition) is 5. The van der Waals surface area contributed by atoms with Gasteiger partial charge >= 0.3 is 5.97 Å². The number of rotatable bonds is 4. The molecular formula is C21H26O5. The molecule has 0 amide bonds. The van der Waals surface area contributed by atoms with Gasteiger partial charge in [0.15, 0.2) is 11.6 Å². The predicted octanol–water partition coefficient (Wildman–Crippen LogP) is 4.36. The minimum Gasteiger partial charge on any atom is -0.497 e. The van der Waals surface area contributed by atoms with E-state index in [1.54, 1.807) is 52.1 Å². The minimum absolute atomic E-state index is 0.0765. The first-order valence-electron chi connectivity index (χ1n) is 8.16. The zero-order chi connectivity index (χ0) is 19.9. The Morgan fingerprint density at radius 1 is 0.769 bits per heavy atom. The van der Waals surface area contributed by atoms with Gasteiger partial charge in [0.25, 0.3) is 0 Å². The highest BCUT2D eigenvalue weighted by Gasteiger charge is 1.97. The molecule has 0 atom stereocenters. The predicted molar refractivity (Wildman–Crippen MR) is 102 cm³/mol. The van der Waals surface area contributed by atoms with Crippen molar-refractivity contribution >= 4 is 17.5 Å². The highest BCUT2D eigenvalue weighted by atomic mass is 16.5. The number of methoxy groups -OCH3 is 1. The van der Waals surface area contributed by atoms with Crippen LogP contribution in [0.3, 0.4) is 0 Å². The van der Waals surface area contributed by atoms with E-state index in [-0.39, 0.29) is 17.5 Å². The summed E-state index contributed by atoms with van der Waals surface area (Å²) >= 11 is 0. The Morgan fingerprint density at radius 2 is 1.23 bits per heavy atom. The third-order valence-corrected chi connectivity index (χ3v) is 3.02. The number of carbonyl (C=O) groups is 3. The number of carbonyl (C=O) groups excluding carboxylic acids is 3. The normalized spacial score (nSPS) is 8.81. The molecule has 0 N–H and O–H groups in total. The topological polar surface area (TPSA) is 69.7 Å². The van der Waals surface area contributed by atoms with Gasteiger partial charge in [-0.05, 0) is 45.0 Å². The lowest BCUT2D eigenvalue weighted by Crippen LogP contribution is -1.95. The molecule has 0 saturated carbocycles. The number of ketones is 2. The molecule has 0 aromatic heterocycles. The lowest BCUT2D eigenvalue weighted by Gasteiger charge is -1.98. The molecule has 0 unspecified atom stereocenters. The molecule has 0 heterocycles. The van der Waals surface area contributed by atoms with Crippen molar-refractivity contribution in [1.29, 1.82) is 0 Å². The maximum absolute atomic E-state index is 10.8. The minimum atomic E-state index is -0.211. The van der Waals surface area contributed by atoms with E-state index in [0.717, 1.165) is 11.3 Å². The van der Waals surface area contributed by atoms with E-state index in [9.17, 15) is 14.4 Å². The Labute approximate surface area is 154 Å². The van der Waals surface area contributed by atoms with Crippen LogP contribution in [0.1, 0.15) is 48.4 Å². The number of esters is 1. The summed E-state index contributed by atoms with van der Waals surface area (Å²) in [6.07, 6.45) is 0. The molecule has 5 nitrogen and oxygen atoms in total. The van der Waals surface area contributed by atoms with Gasteiger partial charge in [0.2, 0.25) is 0 Å². The maximum atomic E-state index is 10.8. The molecule has 0 bridgehead atoms. The van der Waals surface area contributed by atoms with Crippen molar-refractivity contribution < 1.29 is 23.9 Å². The van der Waals surface area contributed by atoms with Crippen LogP contribution in [-0.4, -0.2) is 31.3 Å². The summed E-state index contributed by atoms with van der Waals surface area (Å²) in [5, 5.41) is 0. The van der Waals surface area contributed by atoms with E-state index in [0.29, 0.717) is 12.2 Å². The second-order valence-electron chi connectivity index (χ2n) is 5.13. The Kier molecular flexibility index (Phi) is 11.8. The van der Waals surface area contributed by atoms with Crippen LogP contribution in [0.2, 0.25) is 0 Å². The summed E-state index contributed by atoms with van der Waals surface area (Å²) in [4.78, 5) is 31.3. The van der Waals surface area contributed by atoms with Gasteiger partial charge in [-0.15, -0.1) is 0 Å². The van der Waals surface area contributed by atoms with E-state index in [4.69, 9.17) is 4.74 Å². The summed E-state index contributed by atoms with van der Waals surface area (Å²) < 4.78 is 9.34. The van der Waals surface area contributed by atoms with Gasteiger partial charge < -0.3 is 9.47 Å². The van der Waals surface area contributed by atoms with Crippen molar-refractivity contribution in [2.45, 2.75) is 27.7 Å². The fraction of sp³-hybridized carbons (Fsp3) is 0.286. The van der Waals surface area contributed by atoms with Gasteiger partial charge in [-0.3, -0.25) is 14.4 Å². The molecule has 2 rings (SSSR count). The summed E-state index contributed by atoms with van der Waals surface area (Å²) in [6.45, 7) is 6.76. The molecule has 0 spiro atoms. The van der Waals surface area contributed by atoms with Crippen molar-refractivity contribution in [2.24, 2.45) is 0 Å². The van der Waals surface area contributed by atoms with E-state index < -0.39 is 0 Å². The summed E-state index contributed by atoms with van der Waals surface area (Å²) in [5.41, 5.74) is 1.49. The molecule has 2 aromatic rings. The Morgan fingerprint density at radius 3 is 1.50 bits per heavy atom. The van der Waals surface area contributed by atoms with Crippen LogP contribution in [0, 0.1) is 0 Å².